The van der Waals surface area contributed by atoms with Crippen molar-refractivity contribution in [3.05, 3.63) is 57.8 Å². The van der Waals surface area contributed by atoms with Gasteiger partial charge in [-0.05, 0) is 22.6 Å². The Labute approximate surface area is 94.6 Å². The van der Waals surface area contributed by atoms with Crippen LogP contribution in [0.3, 0.4) is 0 Å². The molecule has 2 N–H and O–H groups in total. The number of benzene rings is 1. The number of hydrogen-bond acceptors (Lipinski definition) is 2. The summed E-state index contributed by atoms with van der Waals surface area (Å²) < 4.78 is 0. The van der Waals surface area contributed by atoms with Gasteiger partial charge < -0.3 is 5.73 Å². The normalized spacial score (nSPS) is 12.7. The molecular weight excluding hydrogens is 202 g/mol. The van der Waals surface area contributed by atoms with E-state index in [-0.39, 0.29) is 0 Å². The first-order chi connectivity index (χ1) is 7.31. The van der Waals surface area contributed by atoms with E-state index in [4.69, 9.17) is 5.73 Å². The van der Waals surface area contributed by atoms with Crippen LogP contribution in [0.5, 0.6) is 0 Å². The summed E-state index contributed by atoms with van der Waals surface area (Å²) in [7, 11) is 0. The fourth-order valence-corrected chi connectivity index (χ4v) is 2.53. The van der Waals surface area contributed by atoms with E-state index in [1.165, 1.54) is 16.0 Å². The van der Waals surface area contributed by atoms with Gasteiger partial charge in [0.15, 0.2) is 0 Å². The van der Waals surface area contributed by atoms with Crippen molar-refractivity contribution in [2.75, 3.05) is 0 Å². The van der Waals surface area contributed by atoms with Gasteiger partial charge in [-0.15, -0.1) is 11.3 Å². The minimum absolute atomic E-state index is 0.461. The van der Waals surface area contributed by atoms with Gasteiger partial charge in [0.25, 0.3) is 0 Å². The molecule has 0 saturated carbocycles. The lowest BCUT2D eigenvalue weighted by atomic mass is 9.95. The van der Waals surface area contributed by atoms with Crippen molar-refractivity contribution >= 4 is 11.3 Å². The van der Waals surface area contributed by atoms with Crippen molar-refractivity contribution in [3.8, 4) is 0 Å². The predicted octanol–water partition coefficient (Wildman–Crippen LogP) is 3.36. The van der Waals surface area contributed by atoms with Crippen LogP contribution in [0.2, 0.25) is 0 Å². The summed E-state index contributed by atoms with van der Waals surface area (Å²) >= 11 is 1.75. The predicted molar refractivity (Wildman–Crippen MR) is 66.2 cm³/mol. The maximum absolute atomic E-state index is 5.61. The van der Waals surface area contributed by atoms with E-state index in [9.17, 15) is 0 Å². The first-order valence-electron chi connectivity index (χ1n) is 5.13. The largest absolute Gasteiger partial charge is 0.326 e. The highest BCUT2D eigenvalue weighted by atomic mass is 32.1. The molecule has 1 heterocycles. The van der Waals surface area contributed by atoms with Crippen LogP contribution in [-0.4, -0.2) is 0 Å². The Balaban J connectivity index is 2.24. The van der Waals surface area contributed by atoms with Gasteiger partial charge in [0.05, 0.1) is 0 Å². The minimum Gasteiger partial charge on any atom is -0.326 e. The molecule has 1 nitrogen and oxygen atoms in total. The van der Waals surface area contributed by atoms with Crippen LogP contribution in [0.4, 0.5) is 0 Å². The Morgan fingerprint density at radius 2 is 1.93 bits per heavy atom. The second-order valence-electron chi connectivity index (χ2n) is 3.68. The van der Waals surface area contributed by atoms with Gasteiger partial charge in [-0.25, -0.2) is 0 Å². The highest BCUT2D eigenvalue weighted by Gasteiger charge is 2.09. The van der Waals surface area contributed by atoms with Crippen LogP contribution < -0.4 is 5.73 Å². The van der Waals surface area contributed by atoms with Gasteiger partial charge in [-0.3, -0.25) is 0 Å². The summed E-state index contributed by atoms with van der Waals surface area (Å²) in [5, 5.41) is 2.21. The average Bonchev–Trinajstić information content (AvgIpc) is 2.78. The fraction of sp³-hybridized carbons (Fsp3) is 0.231. The second-order valence-corrected chi connectivity index (χ2v) is 4.68. The monoisotopic (exact) mass is 217 g/mol. The second kappa shape index (κ2) is 4.60. The van der Waals surface area contributed by atoms with Crippen LogP contribution in [0, 0.1) is 0 Å². The first-order valence-corrected chi connectivity index (χ1v) is 6.01. The molecule has 2 aromatic rings. The van der Waals surface area contributed by atoms with Crippen LogP contribution >= 0.6 is 11.3 Å². The molecule has 0 fully saturated rings. The molecule has 0 aliphatic heterocycles. The summed E-state index contributed by atoms with van der Waals surface area (Å²) in [5.41, 5.74) is 8.34. The van der Waals surface area contributed by atoms with Crippen molar-refractivity contribution < 1.29 is 0 Å². The third-order valence-electron chi connectivity index (χ3n) is 2.67. The molecular formula is C13H15NS. The maximum Gasteiger partial charge on any atom is 0.0273 e. The molecule has 1 aromatic carbocycles. The third kappa shape index (κ3) is 2.28. The van der Waals surface area contributed by atoms with Crippen molar-refractivity contribution in [1.82, 2.24) is 0 Å². The zero-order valence-electron chi connectivity index (χ0n) is 8.81. The maximum atomic E-state index is 5.61. The quantitative estimate of drug-likeness (QED) is 0.838. The molecule has 1 unspecified atom stereocenters. The minimum atomic E-state index is 0.461. The van der Waals surface area contributed by atoms with E-state index in [0.717, 1.165) is 0 Å². The molecule has 0 aliphatic carbocycles. The lowest BCUT2D eigenvalue weighted by Crippen LogP contribution is -1.95. The topological polar surface area (TPSA) is 26.0 Å². The molecule has 0 saturated heterocycles. The van der Waals surface area contributed by atoms with E-state index < -0.39 is 0 Å². The van der Waals surface area contributed by atoms with Crippen LogP contribution in [0.15, 0.2) is 41.8 Å². The standard InChI is InChI=1S/C13H15NS/c1-10(11-5-3-2-4-6-11)12-7-13(8-14)15-9-12/h2-7,9-10H,8,14H2,1H3. The lowest BCUT2D eigenvalue weighted by Gasteiger charge is -2.09. The average molecular weight is 217 g/mol. The molecule has 1 aromatic heterocycles. The molecule has 78 valence electrons. The van der Waals surface area contributed by atoms with Gasteiger partial charge in [0, 0.05) is 17.3 Å². The molecule has 0 amide bonds. The number of nitrogens with two attached hydrogens (primary N) is 1. The number of rotatable bonds is 3. The number of thiophene rings is 1. The fourth-order valence-electron chi connectivity index (χ4n) is 1.67. The zero-order valence-corrected chi connectivity index (χ0v) is 9.63. The van der Waals surface area contributed by atoms with Gasteiger partial charge in [0.2, 0.25) is 0 Å². The van der Waals surface area contributed by atoms with E-state index in [1.807, 2.05) is 0 Å². The van der Waals surface area contributed by atoms with Crippen molar-refractivity contribution in [2.45, 2.75) is 19.4 Å². The lowest BCUT2D eigenvalue weighted by molar-refractivity contribution is 0.925. The molecule has 1 atom stereocenters. The van der Waals surface area contributed by atoms with Crippen molar-refractivity contribution in [3.63, 3.8) is 0 Å². The van der Waals surface area contributed by atoms with Crippen molar-refractivity contribution in [1.29, 1.82) is 0 Å². The summed E-state index contributed by atoms with van der Waals surface area (Å²) in [6.07, 6.45) is 0. The Morgan fingerprint density at radius 1 is 1.20 bits per heavy atom. The molecule has 0 aliphatic rings. The summed E-state index contributed by atoms with van der Waals surface area (Å²) in [4.78, 5) is 1.26. The smallest absolute Gasteiger partial charge is 0.0273 e. The molecule has 2 heteroatoms. The van der Waals surface area contributed by atoms with Crippen LogP contribution in [0.1, 0.15) is 28.8 Å². The molecule has 0 spiro atoms. The Hall–Kier alpha value is -1.12. The van der Waals surface area contributed by atoms with E-state index >= 15 is 0 Å². The van der Waals surface area contributed by atoms with Gasteiger partial charge in [0.1, 0.15) is 0 Å². The van der Waals surface area contributed by atoms with E-state index in [0.29, 0.717) is 12.5 Å². The van der Waals surface area contributed by atoms with E-state index in [1.54, 1.807) is 11.3 Å². The van der Waals surface area contributed by atoms with Crippen LogP contribution in [0.25, 0.3) is 0 Å². The molecule has 15 heavy (non-hydrogen) atoms. The SMILES string of the molecule is CC(c1ccccc1)c1csc(CN)c1. The van der Waals surface area contributed by atoms with Gasteiger partial charge >= 0.3 is 0 Å². The molecule has 0 bridgehead atoms. The van der Waals surface area contributed by atoms with E-state index in [2.05, 4.69) is 48.7 Å². The first kappa shape index (κ1) is 10.4. The molecule has 2 rings (SSSR count). The van der Waals surface area contributed by atoms with Crippen molar-refractivity contribution in [2.24, 2.45) is 5.73 Å². The Kier molecular flexibility index (Phi) is 3.19. The third-order valence-corrected chi connectivity index (χ3v) is 3.65. The van der Waals surface area contributed by atoms with Gasteiger partial charge in [-0.1, -0.05) is 37.3 Å². The summed E-state index contributed by atoms with van der Waals surface area (Å²) in [6.45, 7) is 2.88. The Morgan fingerprint density at radius 3 is 2.53 bits per heavy atom. The summed E-state index contributed by atoms with van der Waals surface area (Å²) in [5.74, 6) is 0.461. The summed E-state index contributed by atoms with van der Waals surface area (Å²) in [6, 6.07) is 12.8. The molecule has 0 radical (unpaired) electrons. The Bertz CT molecular complexity index is 419. The highest BCUT2D eigenvalue weighted by Crippen LogP contribution is 2.27. The van der Waals surface area contributed by atoms with Gasteiger partial charge in [-0.2, -0.15) is 0 Å². The highest BCUT2D eigenvalue weighted by molar-refractivity contribution is 7.10. The zero-order chi connectivity index (χ0) is 10.7. The number of hydrogen-bond donors (Lipinski definition) is 1. The van der Waals surface area contributed by atoms with Crippen LogP contribution in [-0.2, 0) is 6.54 Å².